The summed E-state index contributed by atoms with van der Waals surface area (Å²) in [6.45, 7) is 6.60. The minimum absolute atomic E-state index is 0.204. The second-order valence-electron chi connectivity index (χ2n) is 4.88. The van der Waals surface area contributed by atoms with Crippen LogP contribution in [0.4, 0.5) is 0 Å². The van der Waals surface area contributed by atoms with Gasteiger partial charge < -0.3 is 15.0 Å². The number of esters is 1. The molecule has 0 aromatic heterocycles. The molecule has 18 heavy (non-hydrogen) atoms. The van der Waals surface area contributed by atoms with Crippen molar-refractivity contribution in [2.45, 2.75) is 32.4 Å². The highest BCUT2D eigenvalue weighted by atomic mass is 32.2. The van der Waals surface area contributed by atoms with Gasteiger partial charge in [0.1, 0.15) is 6.04 Å². The van der Waals surface area contributed by atoms with Crippen molar-refractivity contribution >= 4 is 16.8 Å². The van der Waals surface area contributed by atoms with Crippen molar-refractivity contribution in [3.05, 3.63) is 0 Å². The zero-order valence-corrected chi connectivity index (χ0v) is 12.3. The summed E-state index contributed by atoms with van der Waals surface area (Å²) in [5, 5.41) is 3.22. The largest absolute Gasteiger partial charge is 0.468 e. The van der Waals surface area contributed by atoms with Crippen LogP contribution in [0.15, 0.2) is 0 Å². The first-order valence-electron chi connectivity index (χ1n) is 6.44. The van der Waals surface area contributed by atoms with Crippen LogP contribution >= 0.6 is 0 Å². The number of nitrogens with one attached hydrogen (secondary N) is 1. The first-order valence-corrected chi connectivity index (χ1v) is 7.93. The van der Waals surface area contributed by atoms with E-state index in [1.54, 1.807) is 0 Å². The Bertz CT molecular complexity index is 287. The number of methoxy groups -OCH3 is 1. The maximum Gasteiger partial charge on any atom is 0.322 e. The summed E-state index contributed by atoms with van der Waals surface area (Å²) in [5.74, 6) is 1.30. The van der Waals surface area contributed by atoms with Crippen LogP contribution in [0.5, 0.6) is 0 Å². The molecule has 106 valence electrons. The van der Waals surface area contributed by atoms with Gasteiger partial charge in [-0.15, -0.1) is 0 Å². The fourth-order valence-electron chi connectivity index (χ4n) is 2.02. The van der Waals surface area contributed by atoms with E-state index in [2.05, 4.69) is 10.2 Å². The molecule has 0 saturated carbocycles. The van der Waals surface area contributed by atoms with Crippen molar-refractivity contribution in [1.29, 1.82) is 0 Å². The molecular formula is C12H24N2O3S. The predicted molar refractivity (Wildman–Crippen MR) is 73.0 cm³/mol. The molecule has 6 heteroatoms. The molecule has 0 radical (unpaired) electrons. The number of rotatable bonds is 6. The lowest BCUT2D eigenvalue weighted by molar-refractivity contribution is -0.143. The molecular weight excluding hydrogens is 252 g/mol. The molecule has 0 aromatic rings. The van der Waals surface area contributed by atoms with Crippen LogP contribution in [0.1, 0.15) is 20.3 Å². The summed E-state index contributed by atoms with van der Waals surface area (Å²) in [5.41, 5.74) is 0. The molecule has 0 bridgehead atoms. The van der Waals surface area contributed by atoms with E-state index in [-0.39, 0.29) is 18.1 Å². The molecule has 1 saturated heterocycles. The third kappa shape index (κ3) is 5.46. The van der Waals surface area contributed by atoms with Gasteiger partial charge >= 0.3 is 5.97 Å². The molecule has 1 fully saturated rings. The van der Waals surface area contributed by atoms with E-state index in [4.69, 9.17) is 4.74 Å². The maximum absolute atomic E-state index is 11.6. The number of nitrogens with zero attached hydrogens (tertiary/aromatic N) is 1. The quantitative estimate of drug-likeness (QED) is 0.691. The lowest BCUT2D eigenvalue weighted by Crippen LogP contribution is -2.45. The summed E-state index contributed by atoms with van der Waals surface area (Å²) in [4.78, 5) is 13.9. The van der Waals surface area contributed by atoms with Crippen molar-refractivity contribution in [3.8, 4) is 0 Å². The third-order valence-corrected chi connectivity index (χ3v) is 4.30. The molecule has 1 unspecified atom stereocenters. The van der Waals surface area contributed by atoms with Gasteiger partial charge in [-0.1, -0.05) is 13.8 Å². The lowest BCUT2D eigenvalue weighted by atomic mass is 10.1. The molecule has 1 heterocycles. The van der Waals surface area contributed by atoms with Gasteiger partial charge in [0.25, 0.3) is 0 Å². The van der Waals surface area contributed by atoms with Crippen LogP contribution in [-0.2, 0) is 20.3 Å². The van der Waals surface area contributed by atoms with Gasteiger partial charge in [-0.05, 0) is 6.42 Å². The number of hydrogen-bond acceptors (Lipinski definition) is 5. The van der Waals surface area contributed by atoms with Crippen molar-refractivity contribution in [3.63, 3.8) is 0 Å². The monoisotopic (exact) mass is 276 g/mol. The molecule has 1 N–H and O–H groups in total. The third-order valence-electron chi connectivity index (χ3n) is 3.02. The van der Waals surface area contributed by atoms with E-state index in [1.807, 2.05) is 13.8 Å². The van der Waals surface area contributed by atoms with Crippen molar-refractivity contribution in [1.82, 2.24) is 10.2 Å². The van der Waals surface area contributed by atoms with E-state index < -0.39 is 10.8 Å². The second-order valence-corrected chi connectivity index (χ2v) is 6.57. The standard InChI is InChI=1S/C12H24N2O3S/c1-10(2)13-11(12(15)17-3)4-5-14-6-8-18(16)9-7-14/h10-11,13H,4-9H2,1-3H3. The summed E-state index contributed by atoms with van der Waals surface area (Å²) in [6.07, 6.45) is 0.734. The van der Waals surface area contributed by atoms with Crippen LogP contribution in [0.25, 0.3) is 0 Å². The van der Waals surface area contributed by atoms with Crippen LogP contribution in [0.3, 0.4) is 0 Å². The number of carbonyl (C=O) groups is 1. The number of hydrogen-bond donors (Lipinski definition) is 1. The number of ether oxygens (including phenoxy) is 1. The highest BCUT2D eigenvalue weighted by Crippen LogP contribution is 2.04. The van der Waals surface area contributed by atoms with E-state index in [0.717, 1.165) is 37.6 Å². The van der Waals surface area contributed by atoms with Crippen LogP contribution in [0, 0.1) is 0 Å². The van der Waals surface area contributed by atoms with Crippen LogP contribution in [-0.4, -0.2) is 65.4 Å². The zero-order valence-electron chi connectivity index (χ0n) is 11.5. The van der Waals surface area contributed by atoms with Crippen molar-refractivity contribution < 1.29 is 13.7 Å². The molecule has 0 amide bonds. The Morgan fingerprint density at radius 1 is 1.39 bits per heavy atom. The predicted octanol–water partition coefficient (Wildman–Crippen LogP) is -0.0196. The number of carbonyl (C=O) groups excluding carboxylic acids is 1. The average molecular weight is 276 g/mol. The van der Waals surface area contributed by atoms with Crippen LogP contribution < -0.4 is 5.32 Å². The Hall–Kier alpha value is -0.460. The fraction of sp³-hybridized carbons (Fsp3) is 0.917. The minimum Gasteiger partial charge on any atom is -0.468 e. The summed E-state index contributed by atoms with van der Waals surface area (Å²) in [6, 6.07) is 0.00498. The summed E-state index contributed by atoms with van der Waals surface area (Å²) >= 11 is 0. The van der Waals surface area contributed by atoms with Gasteiger partial charge in [0, 0.05) is 48.0 Å². The summed E-state index contributed by atoms with van der Waals surface area (Å²) < 4.78 is 16.0. The summed E-state index contributed by atoms with van der Waals surface area (Å²) in [7, 11) is 0.774. The minimum atomic E-state index is -0.644. The van der Waals surface area contributed by atoms with Gasteiger partial charge in [0.15, 0.2) is 0 Å². The Kier molecular flexibility index (Phi) is 6.81. The second kappa shape index (κ2) is 7.86. The maximum atomic E-state index is 11.6. The molecule has 1 atom stereocenters. The van der Waals surface area contributed by atoms with Gasteiger partial charge in [0.05, 0.1) is 7.11 Å². The van der Waals surface area contributed by atoms with E-state index in [0.29, 0.717) is 0 Å². The van der Waals surface area contributed by atoms with Crippen molar-refractivity contribution in [2.75, 3.05) is 38.2 Å². The van der Waals surface area contributed by atoms with Gasteiger partial charge in [-0.25, -0.2) is 0 Å². The molecule has 0 aliphatic carbocycles. The topological polar surface area (TPSA) is 58.6 Å². The smallest absolute Gasteiger partial charge is 0.322 e. The highest BCUT2D eigenvalue weighted by molar-refractivity contribution is 7.85. The van der Waals surface area contributed by atoms with Crippen molar-refractivity contribution in [2.24, 2.45) is 0 Å². The van der Waals surface area contributed by atoms with Crippen LogP contribution in [0.2, 0.25) is 0 Å². The lowest BCUT2D eigenvalue weighted by Gasteiger charge is -2.28. The highest BCUT2D eigenvalue weighted by Gasteiger charge is 2.22. The van der Waals surface area contributed by atoms with Gasteiger partial charge in [0.2, 0.25) is 0 Å². The molecule has 1 aliphatic heterocycles. The molecule has 0 spiro atoms. The fourth-order valence-corrected chi connectivity index (χ4v) is 3.15. The first kappa shape index (κ1) is 15.6. The molecule has 5 nitrogen and oxygen atoms in total. The zero-order chi connectivity index (χ0) is 13.5. The SMILES string of the molecule is COC(=O)C(CCN1CCS(=O)CC1)NC(C)C. The Morgan fingerprint density at radius 2 is 2.00 bits per heavy atom. The van der Waals surface area contributed by atoms with Gasteiger partial charge in [-0.3, -0.25) is 9.00 Å². The Morgan fingerprint density at radius 3 is 2.50 bits per heavy atom. The Balaban J connectivity index is 2.36. The van der Waals surface area contributed by atoms with E-state index >= 15 is 0 Å². The first-order chi connectivity index (χ1) is 8.52. The average Bonchev–Trinajstić information content (AvgIpc) is 2.35. The van der Waals surface area contributed by atoms with E-state index in [1.165, 1.54) is 7.11 Å². The molecule has 1 aliphatic rings. The Labute approximate surface area is 112 Å². The van der Waals surface area contributed by atoms with E-state index in [9.17, 15) is 9.00 Å². The normalized spacial score (nSPS) is 20.0. The van der Waals surface area contributed by atoms with Gasteiger partial charge in [-0.2, -0.15) is 0 Å². The molecule has 1 rings (SSSR count). The molecule has 0 aromatic carbocycles.